The Morgan fingerprint density at radius 2 is 1.55 bits per heavy atom. The van der Waals surface area contributed by atoms with E-state index in [0.29, 0.717) is 24.2 Å². The minimum atomic E-state index is -0.609. The summed E-state index contributed by atoms with van der Waals surface area (Å²) >= 11 is 0. The summed E-state index contributed by atoms with van der Waals surface area (Å²) in [4.78, 5) is 34.9. The molecule has 0 aromatic heterocycles. The van der Waals surface area contributed by atoms with Gasteiger partial charge in [-0.2, -0.15) is 0 Å². The molecule has 0 radical (unpaired) electrons. The average Bonchev–Trinajstić information content (AvgIpc) is 2.62. The number of nitro benzene ring substituents is 1. The van der Waals surface area contributed by atoms with Crippen LogP contribution in [0.4, 0.5) is 27.5 Å². The molecule has 8 nitrogen and oxygen atoms in total. The van der Waals surface area contributed by atoms with E-state index in [2.05, 4.69) is 16.0 Å². The van der Waals surface area contributed by atoms with Crippen LogP contribution in [0.5, 0.6) is 0 Å². The quantitative estimate of drug-likeness (QED) is 0.492. The summed E-state index contributed by atoms with van der Waals surface area (Å²) in [6.45, 7) is 4.06. The number of para-hydroxylation sites is 4. The second-order valence-corrected chi connectivity index (χ2v) is 7.68. The normalized spacial score (nSPS) is 15.2. The fourth-order valence-corrected chi connectivity index (χ4v) is 3.31. The van der Waals surface area contributed by atoms with E-state index < -0.39 is 11.0 Å². The molecule has 150 valence electrons. The van der Waals surface area contributed by atoms with Gasteiger partial charge in [0.15, 0.2) is 5.78 Å². The van der Waals surface area contributed by atoms with Crippen molar-refractivity contribution in [1.82, 2.24) is 0 Å². The molecule has 0 spiro atoms. The molecule has 0 saturated heterocycles. The van der Waals surface area contributed by atoms with E-state index in [0.717, 1.165) is 5.70 Å². The summed E-state index contributed by atoms with van der Waals surface area (Å²) in [6, 6.07) is 12.4. The zero-order chi connectivity index (χ0) is 21.0. The van der Waals surface area contributed by atoms with Gasteiger partial charge in [0.2, 0.25) is 0 Å². The molecule has 2 aromatic rings. The molecule has 2 aromatic carbocycles. The molecular weight excluding hydrogens is 372 g/mol. The van der Waals surface area contributed by atoms with Crippen LogP contribution < -0.4 is 16.0 Å². The van der Waals surface area contributed by atoms with Crippen molar-refractivity contribution in [3.8, 4) is 0 Å². The first kappa shape index (κ1) is 20.1. The standard InChI is InChI=1S/C21H22N4O4/c1-21(2)12-14(11-15(26)13-21)22-16-7-3-4-8-17(16)23-20(27)24-18-9-5-6-10-19(18)25(28)29/h3-11,22H,12-13H2,1-2H3,(H2,23,24,27). The maximum Gasteiger partial charge on any atom is 0.323 e. The number of nitrogens with one attached hydrogen (secondary N) is 3. The van der Waals surface area contributed by atoms with Crippen LogP contribution in [0.2, 0.25) is 0 Å². The highest BCUT2D eigenvalue weighted by Gasteiger charge is 2.27. The first-order valence-corrected chi connectivity index (χ1v) is 9.14. The van der Waals surface area contributed by atoms with Crippen molar-refractivity contribution < 1.29 is 14.5 Å². The van der Waals surface area contributed by atoms with Crippen molar-refractivity contribution >= 4 is 34.6 Å². The van der Waals surface area contributed by atoms with E-state index in [4.69, 9.17) is 0 Å². The number of benzene rings is 2. The Hall–Kier alpha value is -3.68. The maximum atomic E-state index is 12.4. The van der Waals surface area contributed by atoms with Gasteiger partial charge in [-0.25, -0.2) is 4.79 Å². The predicted molar refractivity (Wildman–Crippen MR) is 112 cm³/mol. The van der Waals surface area contributed by atoms with Crippen LogP contribution in [0.25, 0.3) is 0 Å². The lowest BCUT2D eigenvalue weighted by Crippen LogP contribution is -2.25. The number of hydrogen-bond donors (Lipinski definition) is 3. The van der Waals surface area contributed by atoms with Gasteiger partial charge in [0, 0.05) is 24.3 Å². The Balaban J connectivity index is 1.75. The molecule has 0 aliphatic heterocycles. The summed E-state index contributed by atoms with van der Waals surface area (Å²) in [7, 11) is 0. The molecule has 0 heterocycles. The summed E-state index contributed by atoms with van der Waals surface area (Å²) in [5.41, 5.74) is 1.66. The summed E-state index contributed by atoms with van der Waals surface area (Å²) in [6.07, 6.45) is 2.79. The number of allylic oxidation sites excluding steroid dienone is 2. The fourth-order valence-electron chi connectivity index (χ4n) is 3.31. The van der Waals surface area contributed by atoms with E-state index in [1.807, 2.05) is 19.9 Å². The first-order valence-electron chi connectivity index (χ1n) is 9.14. The van der Waals surface area contributed by atoms with E-state index in [-0.39, 0.29) is 22.6 Å². The van der Waals surface area contributed by atoms with Crippen LogP contribution in [0.15, 0.2) is 60.3 Å². The molecule has 2 amide bonds. The zero-order valence-corrected chi connectivity index (χ0v) is 16.2. The van der Waals surface area contributed by atoms with Crippen molar-refractivity contribution in [3.05, 3.63) is 70.4 Å². The highest BCUT2D eigenvalue weighted by atomic mass is 16.6. The number of rotatable bonds is 5. The molecular formula is C21H22N4O4. The monoisotopic (exact) mass is 394 g/mol. The summed E-state index contributed by atoms with van der Waals surface area (Å²) in [5, 5.41) is 19.5. The van der Waals surface area contributed by atoms with Crippen LogP contribution in [0.3, 0.4) is 0 Å². The summed E-state index contributed by atoms with van der Waals surface area (Å²) in [5.74, 6) is 0.0586. The van der Waals surface area contributed by atoms with Gasteiger partial charge in [0.25, 0.3) is 5.69 Å². The lowest BCUT2D eigenvalue weighted by atomic mass is 9.79. The van der Waals surface area contributed by atoms with Crippen LogP contribution in [0.1, 0.15) is 26.7 Å². The lowest BCUT2D eigenvalue weighted by Gasteiger charge is -2.29. The number of carbonyl (C=O) groups is 2. The van der Waals surface area contributed by atoms with Gasteiger partial charge in [0.05, 0.1) is 16.3 Å². The molecule has 0 unspecified atom stereocenters. The van der Waals surface area contributed by atoms with Crippen molar-refractivity contribution in [1.29, 1.82) is 0 Å². The van der Waals surface area contributed by atoms with Crippen LogP contribution in [0, 0.1) is 15.5 Å². The third kappa shape index (κ3) is 5.19. The Kier molecular flexibility index (Phi) is 5.63. The molecule has 3 rings (SSSR count). The molecule has 0 saturated carbocycles. The maximum absolute atomic E-state index is 12.4. The fraction of sp³-hybridized carbons (Fsp3) is 0.238. The van der Waals surface area contributed by atoms with Gasteiger partial charge in [-0.15, -0.1) is 0 Å². The number of nitro groups is 1. The number of hydrogen-bond acceptors (Lipinski definition) is 5. The largest absolute Gasteiger partial charge is 0.357 e. The number of carbonyl (C=O) groups excluding carboxylic acids is 2. The van der Waals surface area contributed by atoms with Crippen molar-refractivity contribution in [2.24, 2.45) is 5.41 Å². The SMILES string of the molecule is CC1(C)CC(=O)C=C(Nc2ccccc2NC(=O)Nc2ccccc2[N+](=O)[O-])C1. The number of urea groups is 1. The molecule has 1 aliphatic carbocycles. The molecule has 0 atom stereocenters. The minimum absolute atomic E-state index is 0.0586. The van der Waals surface area contributed by atoms with Crippen LogP contribution >= 0.6 is 0 Å². The molecule has 0 bridgehead atoms. The van der Waals surface area contributed by atoms with Gasteiger partial charge >= 0.3 is 6.03 Å². The molecule has 1 aliphatic rings. The Morgan fingerprint density at radius 3 is 2.21 bits per heavy atom. The second kappa shape index (κ2) is 8.14. The lowest BCUT2D eigenvalue weighted by molar-refractivity contribution is -0.383. The average molecular weight is 394 g/mol. The van der Waals surface area contributed by atoms with Gasteiger partial charge < -0.3 is 16.0 Å². The van der Waals surface area contributed by atoms with Crippen molar-refractivity contribution in [2.75, 3.05) is 16.0 Å². The van der Waals surface area contributed by atoms with Crippen molar-refractivity contribution in [3.63, 3.8) is 0 Å². The predicted octanol–water partition coefficient (Wildman–Crippen LogP) is 4.92. The number of amides is 2. The van der Waals surface area contributed by atoms with Crippen LogP contribution in [-0.4, -0.2) is 16.7 Å². The highest BCUT2D eigenvalue weighted by molar-refractivity contribution is 6.03. The smallest absolute Gasteiger partial charge is 0.323 e. The zero-order valence-electron chi connectivity index (χ0n) is 16.2. The third-order valence-corrected chi connectivity index (χ3v) is 4.48. The molecule has 3 N–H and O–H groups in total. The number of ketones is 1. The number of anilines is 3. The molecule has 29 heavy (non-hydrogen) atoms. The number of nitrogens with zero attached hydrogens (tertiary/aromatic N) is 1. The van der Waals surface area contributed by atoms with Crippen molar-refractivity contribution in [2.45, 2.75) is 26.7 Å². The Bertz CT molecular complexity index is 998. The second-order valence-electron chi connectivity index (χ2n) is 7.68. The Morgan fingerprint density at radius 1 is 0.966 bits per heavy atom. The van der Waals surface area contributed by atoms with Gasteiger partial charge in [0.1, 0.15) is 5.69 Å². The van der Waals surface area contributed by atoms with E-state index >= 15 is 0 Å². The van der Waals surface area contributed by atoms with Gasteiger partial charge in [-0.05, 0) is 30.0 Å². The van der Waals surface area contributed by atoms with Crippen LogP contribution in [-0.2, 0) is 4.79 Å². The molecule has 0 fully saturated rings. The van der Waals surface area contributed by atoms with E-state index in [1.165, 1.54) is 18.2 Å². The first-order chi connectivity index (χ1) is 13.7. The minimum Gasteiger partial charge on any atom is -0.357 e. The van der Waals surface area contributed by atoms with E-state index in [9.17, 15) is 19.7 Å². The highest BCUT2D eigenvalue weighted by Crippen LogP contribution is 2.35. The molecule has 8 heteroatoms. The van der Waals surface area contributed by atoms with Gasteiger partial charge in [-0.3, -0.25) is 14.9 Å². The Labute approximate surface area is 168 Å². The van der Waals surface area contributed by atoms with Gasteiger partial charge in [-0.1, -0.05) is 38.1 Å². The topological polar surface area (TPSA) is 113 Å². The third-order valence-electron chi connectivity index (χ3n) is 4.48. The van der Waals surface area contributed by atoms with E-state index in [1.54, 1.807) is 30.3 Å². The summed E-state index contributed by atoms with van der Waals surface area (Å²) < 4.78 is 0.